The second kappa shape index (κ2) is 5.40. The Labute approximate surface area is 121 Å². The molecule has 2 aromatic rings. The molecular formula is C14H13ClN4O. The van der Waals surface area contributed by atoms with Gasteiger partial charge in [-0.2, -0.15) is 0 Å². The van der Waals surface area contributed by atoms with Crippen molar-refractivity contribution in [1.82, 2.24) is 10.9 Å². The molecule has 0 bridgehead atoms. The number of hydrazine groups is 2. The monoisotopic (exact) mass is 288 g/mol. The van der Waals surface area contributed by atoms with Crippen LogP contribution in [0.5, 0.6) is 0 Å². The van der Waals surface area contributed by atoms with Crippen LogP contribution in [0.1, 0.15) is 15.9 Å². The van der Waals surface area contributed by atoms with E-state index in [9.17, 15) is 4.79 Å². The molecule has 0 atom stereocenters. The molecule has 0 fully saturated rings. The van der Waals surface area contributed by atoms with Crippen molar-refractivity contribution in [3.05, 3.63) is 58.6 Å². The van der Waals surface area contributed by atoms with E-state index in [0.717, 1.165) is 16.9 Å². The number of fused-ring (bicyclic) bond motifs is 1. The molecule has 1 amide bonds. The molecule has 1 heterocycles. The van der Waals surface area contributed by atoms with Gasteiger partial charge in [0.2, 0.25) is 0 Å². The summed E-state index contributed by atoms with van der Waals surface area (Å²) in [5.41, 5.74) is 12.0. The Morgan fingerprint density at radius 2 is 1.80 bits per heavy atom. The minimum absolute atomic E-state index is 0.114. The Balaban J connectivity index is 1.66. The van der Waals surface area contributed by atoms with Crippen molar-refractivity contribution in [3.8, 4) is 0 Å². The van der Waals surface area contributed by atoms with Gasteiger partial charge in [0.05, 0.1) is 11.4 Å². The molecule has 0 radical (unpaired) electrons. The molecule has 4 N–H and O–H groups in total. The predicted molar refractivity (Wildman–Crippen MR) is 79.4 cm³/mol. The Hall–Kier alpha value is -2.24. The second-order valence-corrected chi connectivity index (χ2v) is 4.88. The van der Waals surface area contributed by atoms with Crippen molar-refractivity contribution in [2.75, 3.05) is 10.9 Å². The molecule has 0 saturated carbocycles. The third-order valence-electron chi connectivity index (χ3n) is 3.04. The van der Waals surface area contributed by atoms with Gasteiger partial charge < -0.3 is 16.2 Å². The summed E-state index contributed by atoms with van der Waals surface area (Å²) in [5, 5.41) is 3.56. The van der Waals surface area contributed by atoms with Crippen LogP contribution in [0.3, 0.4) is 0 Å². The van der Waals surface area contributed by atoms with Crippen molar-refractivity contribution in [2.45, 2.75) is 6.54 Å². The summed E-state index contributed by atoms with van der Waals surface area (Å²) in [7, 11) is 0. The number of hydrogen-bond acceptors (Lipinski definition) is 4. The lowest BCUT2D eigenvalue weighted by Crippen LogP contribution is -2.22. The molecule has 1 aliphatic heterocycles. The second-order valence-electron chi connectivity index (χ2n) is 4.44. The number of nitrogens with one attached hydrogen (secondary N) is 4. The van der Waals surface area contributed by atoms with Crippen molar-refractivity contribution in [2.24, 2.45) is 0 Å². The van der Waals surface area contributed by atoms with Crippen molar-refractivity contribution >= 4 is 28.9 Å². The highest BCUT2D eigenvalue weighted by Gasteiger charge is 2.12. The molecule has 0 saturated heterocycles. The summed E-state index contributed by atoms with van der Waals surface area (Å²) in [5.74, 6) is -0.114. The van der Waals surface area contributed by atoms with Crippen LogP contribution < -0.4 is 21.7 Å². The minimum atomic E-state index is -0.114. The highest BCUT2D eigenvalue weighted by atomic mass is 35.5. The van der Waals surface area contributed by atoms with Gasteiger partial charge in [0.25, 0.3) is 5.91 Å². The Kier molecular flexibility index (Phi) is 3.45. The molecule has 0 unspecified atom stereocenters. The molecule has 2 aromatic carbocycles. The quantitative estimate of drug-likeness (QED) is 0.701. The fraction of sp³-hybridized carbons (Fsp3) is 0.0714. The van der Waals surface area contributed by atoms with E-state index in [1.807, 2.05) is 18.2 Å². The van der Waals surface area contributed by atoms with E-state index in [-0.39, 0.29) is 5.91 Å². The van der Waals surface area contributed by atoms with Gasteiger partial charge in [-0.25, -0.2) is 0 Å². The number of amides is 1. The summed E-state index contributed by atoms with van der Waals surface area (Å²) in [4.78, 5) is 12.1. The van der Waals surface area contributed by atoms with Crippen LogP contribution in [0.4, 0.5) is 11.4 Å². The molecule has 1 aliphatic rings. The van der Waals surface area contributed by atoms with Crippen molar-refractivity contribution < 1.29 is 4.79 Å². The summed E-state index contributed by atoms with van der Waals surface area (Å²) in [6.07, 6.45) is 0. The lowest BCUT2D eigenvalue weighted by Gasteiger charge is -2.06. The van der Waals surface area contributed by atoms with Gasteiger partial charge in [-0.05, 0) is 35.9 Å². The Bertz CT molecular complexity index is 642. The van der Waals surface area contributed by atoms with E-state index in [1.165, 1.54) is 0 Å². The third kappa shape index (κ3) is 2.68. The lowest BCUT2D eigenvalue weighted by atomic mass is 10.1. The number of anilines is 2. The van der Waals surface area contributed by atoms with Crippen LogP contribution in [0.15, 0.2) is 42.5 Å². The standard InChI is InChI=1S/C14H13ClN4O/c15-11-4-1-9(2-5-11)8-16-14(20)10-3-6-12-13(7-10)18-19-17-12/h1-7,17-19H,8H2,(H,16,20). The maximum Gasteiger partial charge on any atom is 0.251 e. The summed E-state index contributed by atoms with van der Waals surface area (Å²) in [6.45, 7) is 0.469. The van der Waals surface area contributed by atoms with E-state index in [0.29, 0.717) is 17.1 Å². The van der Waals surface area contributed by atoms with E-state index < -0.39 is 0 Å². The first kappa shape index (κ1) is 12.8. The first-order valence-electron chi connectivity index (χ1n) is 6.16. The van der Waals surface area contributed by atoms with Crippen LogP contribution in [0, 0.1) is 0 Å². The Morgan fingerprint density at radius 1 is 1.05 bits per heavy atom. The molecular weight excluding hydrogens is 276 g/mol. The third-order valence-corrected chi connectivity index (χ3v) is 3.29. The molecule has 0 aliphatic carbocycles. The maximum absolute atomic E-state index is 12.1. The van der Waals surface area contributed by atoms with Gasteiger partial charge in [0, 0.05) is 17.1 Å². The maximum atomic E-state index is 12.1. The average molecular weight is 289 g/mol. The predicted octanol–water partition coefficient (Wildman–Crippen LogP) is 2.53. The molecule has 20 heavy (non-hydrogen) atoms. The van der Waals surface area contributed by atoms with Crippen LogP contribution in [0.2, 0.25) is 5.02 Å². The topological polar surface area (TPSA) is 65.2 Å². The first-order valence-corrected chi connectivity index (χ1v) is 6.54. The van der Waals surface area contributed by atoms with Gasteiger partial charge in [0.15, 0.2) is 0 Å². The molecule has 102 valence electrons. The van der Waals surface area contributed by atoms with E-state index in [4.69, 9.17) is 11.6 Å². The number of carbonyl (C=O) groups excluding carboxylic acids is 1. The van der Waals surface area contributed by atoms with Gasteiger partial charge in [-0.1, -0.05) is 23.7 Å². The van der Waals surface area contributed by atoms with Crippen LogP contribution in [0.25, 0.3) is 0 Å². The average Bonchev–Trinajstić information content (AvgIpc) is 2.93. The molecule has 3 rings (SSSR count). The zero-order valence-corrected chi connectivity index (χ0v) is 11.3. The minimum Gasteiger partial charge on any atom is -0.348 e. The summed E-state index contributed by atoms with van der Waals surface area (Å²) < 4.78 is 0. The van der Waals surface area contributed by atoms with Gasteiger partial charge >= 0.3 is 0 Å². The SMILES string of the molecule is O=C(NCc1ccc(Cl)cc1)c1ccc2c(c1)NNN2. The van der Waals surface area contributed by atoms with E-state index >= 15 is 0 Å². The van der Waals surface area contributed by atoms with Crippen molar-refractivity contribution in [3.63, 3.8) is 0 Å². The molecule has 6 heteroatoms. The van der Waals surface area contributed by atoms with Crippen molar-refractivity contribution in [1.29, 1.82) is 0 Å². The molecule has 0 aromatic heterocycles. The zero-order chi connectivity index (χ0) is 13.9. The van der Waals surface area contributed by atoms with Crippen LogP contribution in [-0.2, 0) is 6.54 Å². The number of rotatable bonds is 3. The van der Waals surface area contributed by atoms with Gasteiger partial charge in [-0.3, -0.25) is 4.79 Å². The number of carbonyl (C=O) groups is 1. The van der Waals surface area contributed by atoms with E-state index in [2.05, 4.69) is 21.7 Å². The molecule has 5 nitrogen and oxygen atoms in total. The number of benzene rings is 2. The van der Waals surface area contributed by atoms with E-state index in [1.54, 1.807) is 24.3 Å². The summed E-state index contributed by atoms with van der Waals surface area (Å²) in [6, 6.07) is 12.8. The zero-order valence-electron chi connectivity index (χ0n) is 10.5. The van der Waals surface area contributed by atoms with Crippen LogP contribution >= 0.6 is 11.6 Å². The first-order chi connectivity index (χ1) is 9.72. The highest BCUT2D eigenvalue weighted by molar-refractivity contribution is 6.30. The number of hydrogen-bond donors (Lipinski definition) is 4. The fourth-order valence-corrected chi connectivity index (χ4v) is 2.08. The lowest BCUT2D eigenvalue weighted by molar-refractivity contribution is 0.0951. The Morgan fingerprint density at radius 3 is 2.60 bits per heavy atom. The largest absolute Gasteiger partial charge is 0.348 e. The molecule has 0 spiro atoms. The van der Waals surface area contributed by atoms with Crippen LogP contribution in [-0.4, -0.2) is 5.91 Å². The highest BCUT2D eigenvalue weighted by Crippen LogP contribution is 2.25. The van der Waals surface area contributed by atoms with Gasteiger partial charge in [0.1, 0.15) is 0 Å². The summed E-state index contributed by atoms with van der Waals surface area (Å²) >= 11 is 5.82. The fourth-order valence-electron chi connectivity index (χ4n) is 1.95. The smallest absolute Gasteiger partial charge is 0.251 e. The van der Waals surface area contributed by atoms with Gasteiger partial charge in [-0.15, -0.1) is 5.53 Å². The number of halogens is 1. The normalized spacial score (nSPS) is 12.2.